The van der Waals surface area contributed by atoms with Crippen molar-refractivity contribution in [2.75, 3.05) is 0 Å². The smallest absolute Gasteiger partial charge is 0.345 e. The van der Waals surface area contributed by atoms with E-state index >= 15 is 0 Å². The molecular weight excluding hydrogens is 236 g/mol. The number of thiophene rings is 1. The quantitative estimate of drug-likeness (QED) is 0.907. The summed E-state index contributed by atoms with van der Waals surface area (Å²) in [7, 11) is 0. The van der Waals surface area contributed by atoms with Crippen molar-refractivity contribution in [3.63, 3.8) is 0 Å². The number of aromatic nitrogens is 2. The van der Waals surface area contributed by atoms with Gasteiger partial charge in [0.05, 0.1) is 10.6 Å². The van der Waals surface area contributed by atoms with Crippen LogP contribution < -0.4 is 0 Å². The molecule has 0 aliphatic heterocycles. The molecule has 1 N–H and O–H groups in total. The Balaban J connectivity index is 2.45. The third kappa shape index (κ3) is 2.24. The highest BCUT2D eigenvalue weighted by Crippen LogP contribution is 2.32. The van der Waals surface area contributed by atoms with Gasteiger partial charge in [-0.2, -0.15) is 5.10 Å². The van der Waals surface area contributed by atoms with Crippen LogP contribution in [0.1, 0.15) is 28.6 Å². The minimum absolute atomic E-state index is 0.377. The first kappa shape index (κ1) is 11.9. The van der Waals surface area contributed by atoms with Crippen molar-refractivity contribution in [2.45, 2.75) is 26.8 Å². The SMILES string of the molecule is CCCn1nccc1-c1sc(C(=O)O)cc1C. The maximum absolute atomic E-state index is 10.9. The molecule has 0 radical (unpaired) electrons. The summed E-state index contributed by atoms with van der Waals surface area (Å²) in [6.07, 6.45) is 2.76. The van der Waals surface area contributed by atoms with Gasteiger partial charge in [-0.25, -0.2) is 4.79 Å². The van der Waals surface area contributed by atoms with E-state index in [2.05, 4.69) is 12.0 Å². The van der Waals surface area contributed by atoms with Gasteiger partial charge in [0.15, 0.2) is 0 Å². The van der Waals surface area contributed by atoms with E-state index < -0.39 is 5.97 Å². The van der Waals surface area contributed by atoms with Crippen LogP contribution in [0.15, 0.2) is 18.3 Å². The standard InChI is InChI=1S/C12H14N2O2S/c1-3-6-14-9(4-5-13-14)11-8(2)7-10(17-11)12(15)16/h4-5,7H,3,6H2,1-2H3,(H,15,16). The molecule has 0 amide bonds. The maximum Gasteiger partial charge on any atom is 0.345 e. The van der Waals surface area contributed by atoms with E-state index in [0.717, 1.165) is 29.1 Å². The van der Waals surface area contributed by atoms with Crippen molar-refractivity contribution in [3.05, 3.63) is 28.8 Å². The van der Waals surface area contributed by atoms with Gasteiger partial charge in [0, 0.05) is 12.7 Å². The first-order valence-electron chi connectivity index (χ1n) is 5.49. The normalized spacial score (nSPS) is 10.7. The number of nitrogens with zero attached hydrogens (tertiary/aromatic N) is 2. The van der Waals surface area contributed by atoms with Crippen molar-refractivity contribution in [1.82, 2.24) is 9.78 Å². The topological polar surface area (TPSA) is 55.1 Å². The molecule has 0 spiro atoms. The molecule has 0 bridgehead atoms. The van der Waals surface area contributed by atoms with Crippen LogP contribution in [0, 0.1) is 6.92 Å². The van der Waals surface area contributed by atoms with Gasteiger partial charge < -0.3 is 5.11 Å². The molecule has 0 aliphatic carbocycles. The second-order valence-corrected chi connectivity index (χ2v) is 4.92. The summed E-state index contributed by atoms with van der Waals surface area (Å²) in [5.74, 6) is -0.870. The van der Waals surface area contributed by atoms with E-state index in [-0.39, 0.29) is 0 Å². The van der Waals surface area contributed by atoms with E-state index in [9.17, 15) is 4.79 Å². The minimum atomic E-state index is -0.870. The fourth-order valence-corrected chi connectivity index (χ4v) is 2.80. The zero-order valence-electron chi connectivity index (χ0n) is 9.80. The second-order valence-electron chi connectivity index (χ2n) is 3.87. The van der Waals surface area contributed by atoms with Crippen LogP contribution in [-0.4, -0.2) is 20.9 Å². The van der Waals surface area contributed by atoms with E-state index in [1.54, 1.807) is 12.3 Å². The summed E-state index contributed by atoms with van der Waals surface area (Å²) >= 11 is 1.30. The van der Waals surface area contributed by atoms with Crippen LogP contribution in [0.4, 0.5) is 0 Å². The van der Waals surface area contributed by atoms with Crippen molar-refractivity contribution in [1.29, 1.82) is 0 Å². The lowest BCUT2D eigenvalue weighted by Gasteiger charge is -2.04. The Bertz CT molecular complexity index is 542. The number of aryl methyl sites for hydroxylation is 2. The molecule has 2 heterocycles. The summed E-state index contributed by atoms with van der Waals surface area (Å²) in [5, 5.41) is 13.2. The maximum atomic E-state index is 10.9. The number of rotatable bonds is 4. The Morgan fingerprint density at radius 1 is 1.59 bits per heavy atom. The fourth-order valence-electron chi connectivity index (χ4n) is 1.76. The monoisotopic (exact) mass is 250 g/mol. The molecular formula is C12H14N2O2S. The second kappa shape index (κ2) is 4.71. The molecule has 0 atom stereocenters. The Hall–Kier alpha value is -1.62. The van der Waals surface area contributed by atoms with Gasteiger partial charge in [0.25, 0.3) is 0 Å². The number of aromatic carboxylic acids is 1. The molecule has 5 heteroatoms. The molecule has 0 aliphatic rings. The molecule has 2 rings (SSSR count). The number of hydrogen-bond acceptors (Lipinski definition) is 3. The lowest BCUT2D eigenvalue weighted by atomic mass is 10.2. The lowest BCUT2D eigenvalue weighted by Crippen LogP contribution is -2.00. The van der Waals surface area contributed by atoms with Crippen molar-refractivity contribution in [3.8, 4) is 10.6 Å². The van der Waals surface area contributed by atoms with Gasteiger partial charge in [-0.05, 0) is 31.0 Å². The van der Waals surface area contributed by atoms with Crippen LogP contribution >= 0.6 is 11.3 Å². The Morgan fingerprint density at radius 2 is 2.35 bits per heavy atom. The van der Waals surface area contributed by atoms with E-state index in [1.807, 2.05) is 17.7 Å². The first-order valence-corrected chi connectivity index (χ1v) is 6.31. The van der Waals surface area contributed by atoms with Crippen molar-refractivity contribution < 1.29 is 9.90 Å². The summed E-state index contributed by atoms with van der Waals surface area (Å²) in [6.45, 7) is 4.87. The Kier molecular flexibility index (Phi) is 3.28. The molecule has 0 saturated heterocycles. The fraction of sp³-hybridized carbons (Fsp3) is 0.333. The average Bonchev–Trinajstić information content (AvgIpc) is 2.85. The largest absolute Gasteiger partial charge is 0.477 e. The first-order chi connectivity index (χ1) is 8.13. The van der Waals surface area contributed by atoms with E-state index in [4.69, 9.17) is 5.11 Å². The van der Waals surface area contributed by atoms with Crippen LogP contribution in [0.5, 0.6) is 0 Å². The molecule has 2 aromatic heterocycles. The Morgan fingerprint density at radius 3 is 2.94 bits per heavy atom. The summed E-state index contributed by atoms with van der Waals surface area (Å²) < 4.78 is 1.92. The summed E-state index contributed by atoms with van der Waals surface area (Å²) in [4.78, 5) is 12.3. The molecule has 0 unspecified atom stereocenters. The molecule has 90 valence electrons. The van der Waals surface area contributed by atoms with Crippen molar-refractivity contribution in [2.24, 2.45) is 0 Å². The number of hydrogen-bond donors (Lipinski definition) is 1. The Labute approximate surface area is 104 Å². The minimum Gasteiger partial charge on any atom is -0.477 e. The highest BCUT2D eigenvalue weighted by Gasteiger charge is 2.15. The molecule has 4 nitrogen and oxygen atoms in total. The lowest BCUT2D eigenvalue weighted by molar-refractivity contribution is 0.0702. The molecule has 0 aromatic carbocycles. The predicted octanol–water partition coefficient (Wildman–Crippen LogP) is 3.03. The van der Waals surface area contributed by atoms with Gasteiger partial charge in [-0.15, -0.1) is 11.3 Å². The van der Waals surface area contributed by atoms with E-state index in [0.29, 0.717) is 4.88 Å². The molecule has 2 aromatic rings. The average molecular weight is 250 g/mol. The van der Waals surface area contributed by atoms with Crippen LogP contribution in [0.2, 0.25) is 0 Å². The van der Waals surface area contributed by atoms with Crippen LogP contribution in [0.25, 0.3) is 10.6 Å². The summed E-state index contributed by atoms with van der Waals surface area (Å²) in [5.41, 5.74) is 1.99. The number of carboxylic acid groups (broad SMARTS) is 1. The number of carbonyl (C=O) groups is 1. The molecule has 17 heavy (non-hydrogen) atoms. The summed E-state index contributed by atoms with van der Waals surface area (Å²) in [6, 6.07) is 3.64. The zero-order chi connectivity index (χ0) is 12.4. The van der Waals surface area contributed by atoms with Gasteiger partial charge in [0.2, 0.25) is 0 Å². The van der Waals surface area contributed by atoms with Crippen LogP contribution in [0.3, 0.4) is 0 Å². The predicted molar refractivity (Wildman–Crippen MR) is 67.5 cm³/mol. The van der Waals surface area contributed by atoms with Gasteiger partial charge in [-0.3, -0.25) is 4.68 Å². The third-order valence-corrected chi connectivity index (χ3v) is 3.76. The zero-order valence-corrected chi connectivity index (χ0v) is 10.6. The number of carboxylic acids is 1. The van der Waals surface area contributed by atoms with Gasteiger partial charge in [0.1, 0.15) is 4.88 Å². The molecule has 0 saturated carbocycles. The van der Waals surface area contributed by atoms with Gasteiger partial charge in [-0.1, -0.05) is 6.92 Å². The third-order valence-electron chi connectivity index (χ3n) is 2.51. The molecule has 0 fully saturated rings. The highest BCUT2D eigenvalue weighted by atomic mass is 32.1. The van der Waals surface area contributed by atoms with Crippen LogP contribution in [-0.2, 0) is 6.54 Å². The van der Waals surface area contributed by atoms with E-state index in [1.165, 1.54) is 11.3 Å². The highest BCUT2D eigenvalue weighted by molar-refractivity contribution is 7.17. The van der Waals surface area contributed by atoms with Crippen molar-refractivity contribution >= 4 is 17.3 Å². The van der Waals surface area contributed by atoms with Gasteiger partial charge >= 0.3 is 5.97 Å².